The molecular weight excluding hydrogens is 286 g/mol. The molecule has 0 unspecified atom stereocenters. The lowest BCUT2D eigenvalue weighted by atomic mass is 9.75. The van der Waals surface area contributed by atoms with Crippen LogP contribution >= 0.6 is 23.1 Å². The van der Waals surface area contributed by atoms with Gasteiger partial charge in [0.05, 0.1) is 5.41 Å². The van der Waals surface area contributed by atoms with Crippen molar-refractivity contribution in [3.63, 3.8) is 0 Å². The Morgan fingerprint density at radius 3 is 2.68 bits per heavy atom. The summed E-state index contributed by atoms with van der Waals surface area (Å²) in [7, 11) is 0. The normalized spacial score (nSPS) is 19.5. The van der Waals surface area contributed by atoms with Crippen LogP contribution < -0.4 is 0 Å². The summed E-state index contributed by atoms with van der Waals surface area (Å²) < 4.78 is 4.44. The average Bonchev–Trinajstić information content (AvgIpc) is 2.78. The molecule has 1 fully saturated rings. The Morgan fingerprint density at radius 2 is 2.21 bits per heavy atom. The molecule has 0 aliphatic carbocycles. The van der Waals surface area contributed by atoms with E-state index in [1.165, 1.54) is 11.5 Å². The van der Waals surface area contributed by atoms with E-state index in [4.69, 9.17) is 11.6 Å². The summed E-state index contributed by atoms with van der Waals surface area (Å²) in [5.41, 5.74) is 0.264. The van der Waals surface area contributed by atoms with E-state index in [-0.39, 0.29) is 0 Å². The Morgan fingerprint density at radius 1 is 1.53 bits per heavy atom. The monoisotopic (exact) mass is 303 g/mol. The van der Waals surface area contributed by atoms with Crippen LogP contribution in [0.25, 0.3) is 0 Å². The molecule has 19 heavy (non-hydrogen) atoms. The second kappa shape index (κ2) is 6.15. The highest BCUT2D eigenvalue weighted by molar-refractivity contribution is 7.10. The fraction of sp³-hybridized carbons (Fsp3) is 0.750. The van der Waals surface area contributed by atoms with E-state index in [1.54, 1.807) is 0 Å². The van der Waals surface area contributed by atoms with Crippen molar-refractivity contribution in [3.05, 3.63) is 10.0 Å². The van der Waals surface area contributed by atoms with Crippen LogP contribution in [0.3, 0.4) is 0 Å². The van der Waals surface area contributed by atoms with Crippen molar-refractivity contribution in [2.24, 2.45) is 5.41 Å². The van der Waals surface area contributed by atoms with Gasteiger partial charge in [-0.2, -0.15) is 0 Å². The third kappa shape index (κ3) is 3.24. The van der Waals surface area contributed by atoms with E-state index in [9.17, 15) is 9.90 Å². The standard InChI is InChI=1S/C12H18ClN3O2S/c1-2-3-12(11(17)18)4-6-16(7-5-12)8-9-10(13)19-15-14-9/h2-8H2,1H3,(H,17,18). The maximum Gasteiger partial charge on any atom is 0.309 e. The summed E-state index contributed by atoms with van der Waals surface area (Å²) >= 11 is 7.18. The lowest BCUT2D eigenvalue weighted by molar-refractivity contribution is -0.152. The number of likely N-dealkylation sites (tertiary alicyclic amines) is 1. The molecular formula is C12H18ClN3O2S. The first-order valence-corrected chi connectivity index (χ1v) is 7.65. The predicted molar refractivity (Wildman–Crippen MR) is 74.4 cm³/mol. The van der Waals surface area contributed by atoms with Crippen molar-refractivity contribution in [1.82, 2.24) is 14.5 Å². The Balaban J connectivity index is 1.94. The third-order valence-electron chi connectivity index (χ3n) is 3.88. The number of hydrogen-bond donors (Lipinski definition) is 1. The fourth-order valence-corrected chi connectivity index (χ4v) is 3.30. The quantitative estimate of drug-likeness (QED) is 0.906. The molecule has 0 amide bonds. The highest BCUT2D eigenvalue weighted by atomic mass is 35.5. The number of nitrogens with zero attached hydrogens (tertiary/aromatic N) is 3. The maximum absolute atomic E-state index is 11.5. The first kappa shape index (κ1) is 14.7. The molecule has 2 rings (SSSR count). The fourth-order valence-electron chi connectivity index (χ4n) is 2.69. The molecule has 5 nitrogen and oxygen atoms in total. The van der Waals surface area contributed by atoms with Crippen LogP contribution in [-0.2, 0) is 11.3 Å². The van der Waals surface area contributed by atoms with Gasteiger partial charge in [0, 0.05) is 18.1 Å². The van der Waals surface area contributed by atoms with Crippen LogP contribution in [0.4, 0.5) is 0 Å². The van der Waals surface area contributed by atoms with Gasteiger partial charge in [0.25, 0.3) is 0 Å². The van der Waals surface area contributed by atoms with E-state index in [0.717, 1.165) is 31.6 Å². The zero-order valence-electron chi connectivity index (χ0n) is 10.9. The van der Waals surface area contributed by atoms with Crippen molar-refractivity contribution in [3.8, 4) is 0 Å². The number of halogens is 1. The smallest absolute Gasteiger partial charge is 0.309 e. The summed E-state index contributed by atoms with van der Waals surface area (Å²) in [6.07, 6.45) is 3.07. The minimum atomic E-state index is -0.651. The molecule has 2 heterocycles. The van der Waals surface area contributed by atoms with Gasteiger partial charge in [-0.3, -0.25) is 9.69 Å². The molecule has 1 N–H and O–H groups in total. The highest BCUT2D eigenvalue weighted by Crippen LogP contribution is 2.37. The largest absolute Gasteiger partial charge is 0.481 e. The molecule has 0 aromatic carbocycles. The molecule has 0 atom stereocenters. The van der Waals surface area contributed by atoms with Crippen LogP contribution in [0.15, 0.2) is 0 Å². The Kier molecular flexibility index (Phi) is 4.76. The van der Waals surface area contributed by atoms with Crippen LogP contribution in [0.1, 0.15) is 38.3 Å². The molecule has 0 radical (unpaired) electrons. The minimum absolute atomic E-state index is 0.532. The van der Waals surface area contributed by atoms with Gasteiger partial charge < -0.3 is 5.11 Å². The summed E-state index contributed by atoms with van der Waals surface area (Å²) in [6.45, 7) is 4.26. The van der Waals surface area contributed by atoms with E-state index < -0.39 is 11.4 Å². The Hall–Kier alpha value is -0.720. The Labute approximate surface area is 121 Å². The number of piperidine rings is 1. The van der Waals surface area contributed by atoms with Gasteiger partial charge in [-0.1, -0.05) is 29.4 Å². The molecule has 1 aliphatic rings. The lowest BCUT2D eigenvalue weighted by Gasteiger charge is -2.38. The van der Waals surface area contributed by atoms with Crippen LogP contribution in [0.2, 0.25) is 4.34 Å². The summed E-state index contributed by atoms with van der Waals surface area (Å²) in [6, 6.07) is 0. The van der Waals surface area contributed by atoms with Gasteiger partial charge in [0.1, 0.15) is 10.0 Å². The van der Waals surface area contributed by atoms with Gasteiger partial charge in [-0.15, -0.1) is 5.10 Å². The summed E-state index contributed by atoms with van der Waals surface area (Å²) in [5, 5.41) is 13.4. The number of carboxylic acid groups (broad SMARTS) is 1. The van der Waals surface area contributed by atoms with Crippen molar-refractivity contribution < 1.29 is 9.90 Å². The number of hydrogen-bond acceptors (Lipinski definition) is 5. The third-order valence-corrected chi connectivity index (χ3v) is 4.86. The van der Waals surface area contributed by atoms with Gasteiger partial charge in [-0.25, -0.2) is 0 Å². The van der Waals surface area contributed by atoms with E-state index >= 15 is 0 Å². The zero-order valence-corrected chi connectivity index (χ0v) is 12.5. The lowest BCUT2D eigenvalue weighted by Crippen LogP contribution is -2.44. The van der Waals surface area contributed by atoms with Crippen molar-refractivity contribution >= 4 is 29.1 Å². The predicted octanol–water partition coefficient (Wildman–Crippen LogP) is 2.66. The van der Waals surface area contributed by atoms with Crippen LogP contribution in [-0.4, -0.2) is 38.7 Å². The van der Waals surface area contributed by atoms with E-state index in [2.05, 4.69) is 14.5 Å². The number of aliphatic carboxylic acids is 1. The van der Waals surface area contributed by atoms with Crippen LogP contribution in [0.5, 0.6) is 0 Å². The molecule has 7 heteroatoms. The van der Waals surface area contributed by atoms with Gasteiger partial charge in [0.15, 0.2) is 0 Å². The molecule has 0 spiro atoms. The van der Waals surface area contributed by atoms with E-state index in [1.807, 2.05) is 6.92 Å². The van der Waals surface area contributed by atoms with Gasteiger partial charge >= 0.3 is 5.97 Å². The van der Waals surface area contributed by atoms with Gasteiger partial charge in [-0.05, 0) is 32.4 Å². The topological polar surface area (TPSA) is 66.3 Å². The number of carbonyl (C=O) groups is 1. The summed E-state index contributed by atoms with van der Waals surface area (Å²) in [5.74, 6) is -0.651. The molecule has 1 aromatic heterocycles. The minimum Gasteiger partial charge on any atom is -0.481 e. The first-order chi connectivity index (χ1) is 9.07. The zero-order chi connectivity index (χ0) is 13.9. The average molecular weight is 304 g/mol. The first-order valence-electron chi connectivity index (χ1n) is 6.50. The molecule has 1 aliphatic heterocycles. The summed E-state index contributed by atoms with van der Waals surface area (Å²) in [4.78, 5) is 13.7. The SMILES string of the molecule is CCCC1(C(=O)O)CCN(Cc2nnsc2Cl)CC1. The second-order valence-electron chi connectivity index (χ2n) is 5.10. The Bertz CT molecular complexity index is 444. The van der Waals surface area contributed by atoms with Crippen molar-refractivity contribution in [1.29, 1.82) is 0 Å². The molecule has 1 saturated heterocycles. The maximum atomic E-state index is 11.5. The highest BCUT2D eigenvalue weighted by Gasteiger charge is 2.40. The van der Waals surface area contributed by atoms with Crippen LogP contribution in [0, 0.1) is 5.41 Å². The van der Waals surface area contributed by atoms with Gasteiger partial charge in [0.2, 0.25) is 0 Å². The number of aromatic nitrogens is 2. The number of rotatable bonds is 5. The molecule has 0 bridgehead atoms. The molecule has 1 aromatic rings. The van der Waals surface area contributed by atoms with E-state index in [0.29, 0.717) is 23.7 Å². The molecule has 0 saturated carbocycles. The second-order valence-corrected chi connectivity index (χ2v) is 6.46. The van der Waals surface area contributed by atoms with Crippen molar-refractivity contribution in [2.45, 2.75) is 39.2 Å². The van der Waals surface area contributed by atoms with Crippen molar-refractivity contribution in [2.75, 3.05) is 13.1 Å². The molecule has 106 valence electrons. The number of carboxylic acids is 1.